The van der Waals surface area contributed by atoms with Crippen LogP contribution in [0.15, 0.2) is 24.3 Å². The van der Waals surface area contributed by atoms with Gasteiger partial charge in [-0.25, -0.2) is 4.79 Å². The fourth-order valence-corrected chi connectivity index (χ4v) is 4.11. The summed E-state index contributed by atoms with van der Waals surface area (Å²) < 4.78 is 5.03. The average molecular weight is 421 g/mol. The standard InChI is InChI=1S/C21H25ClN2O5/c1-13(24-19(26)16-4-2-3-5-17(16)20(24)27)21(28)29-12-18(25)23-11-10-14-6-8-15(22)9-7-14/h6-9,13,16-17H,2-5,10-12H2,1H3,(H,23,25)/t13-,16?,17?/m0/s1. The van der Waals surface area contributed by atoms with Crippen LogP contribution in [0.2, 0.25) is 5.02 Å². The highest BCUT2D eigenvalue weighted by molar-refractivity contribution is 6.30. The van der Waals surface area contributed by atoms with Crippen LogP contribution in [-0.2, 0) is 30.3 Å². The zero-order chi connectivity index (χ0) is 21.0. The zero-order valence-corrected chi connectivity index (χ0v) is 17.1. The van der Waals surface area contributed by atoms with Crippen LogP contribution in [-0.4, -0.2) is 47.8 Å². The van der Waals surface area contributed by atoms with E-state index in [2.05, 4.69) is 5.32 Å². The largest absolute Gasteiger partial charge is 0.454 e. The Morgan fingerprint density at radius 1 is 1.14 bits per heavy atom. The SMILES string of the molecule is C[C@@H](C(=O)OCC(=O)NCCc1ccc(Cl)cc1)N1C(=O)C2CCCCC2C1=O. The van der Waals surface area contributed by atoms with Crippen LogP contribution < -0.4 is 5.32 Å². The van der Waals surface area contributed by atoms with Gasteiger partial charge < -0.3 is 10.1 Å². The number of carbonyl (C=O) groups is 4. The van der Waals surface area contributed by atoms with Gasteiger partial charge in [-0.05, 0) is 43.9 Å². The minimum absolute atomic E-state index is 0.295. The highest BCUT2D eigenvalue weighted by atomic mass is 35.5. The summed E-state index contributed by atoms with van der Waals surface area (Å²) in [4.78, 5) is 50.3. The molecule has 1 aromatic carbocycles. The predicted molar refractivity (Wildman–Crippen MR) is 106 cm³/mol. The molecule has 29 heavy (non-hydrogen) atoms. The molecule has 1 aliphatic heterocycles. The number of nitrogens with one attached hydrogen (secondary N) is 1. The van der Waals surface area contributed by atoms with E-state index in [0.717, 1.165) is 23.3 Å². The lowest BCUT2D eigenvalue weighted by atomic mass is 9.81. The molecular weight excluding hydrogens is 396 g/mol. The molecule has 1 saturated carbocycles. The Labute approximate surface area is 174 Å². The first kappa shape index (κ1) is 21.3. The molecular formula is C21H25ClN2O5. The van der Waals surface area contributed by atoms with Gasteiger partial charge >= 0.3 is 5.97 Å². The lowest BCUT2D eigenvalue weighted by Crippen LogP contribution is -2.45. The van der Waals surface area contributed by atoms with Crippen molar-refractivity contribution in [3.63, 3.8) is 0 Å². The highest BCUT2D eigenvalue weighted by Crippen LogP contribution is 2.38. The summed E-state index contributed by atoms with van der Waals surface area (Å²) in [5.41, 5.74) is 1.02. The van der Waals surface area contributed by atoms with Crippen LogP contribution in [0.5, 0.6) is 0 Å². The van der Waals surface area contributed by atoms with Crippen LogP contribution in [0.4, 0.5) is 0 Å². The molecule has 0 spiro atoms. The Morgan fingerprint density at radius 2 is 1.72 bits per heavy atom. The number of imide groups is 1. The summed E-state index contributed by atoms with van der Waals surface area (Å²) in [5.74, 6) is -2.41. The summed E-state index contributed by atoms with van der Waals surface area (Å²) in [5, 5.41) is 3.32. The Hall–Kier alpha value is -2.41. The van der Waals surface area contributed by atoms with Crippen molar-refractivity contribution in [3.8, 4) is 0 Å². The van der Waals surface area contributed by atoms with Crippen LogP contribution in [0, 0.1) is 11.8 Å². The van der Waals surface area contributed by atoms with Crippen molar-refractivity contribution in [2.24, 2.45) is 11.8 Å². The van der Waals surface area contributed by atoms with E-state index in [1.165, 1.54) is 6.92 Å². The number of esters is 1. The normalized spacial score (nSPS) is 22.2. The van der Waals surface area contributed by atoms with Crippen molar-refractivity contribution < 1.29 is 23.9 Å². The molecule has 3 amide bonds. The van der Waals surface area contributed by atoms with Crippen LogP contribution in [0.3, 0.4) is 0 Å². The number of fused-ring (bicyclic) bond motifs is 1. The minimum Gasteiger partial charge on any atom is -0.454 e. The third-order valence-electron chi connectivity index (χ3n) is 5.60. The third kappa shape index (κ3) is 4.96. The Balaban J connectivity index is 1.43. The Kier molecular flexibility index (Phi) is 6.90. The van der Waals surface area contributed by atoms with E-state index in [1.807, 2.05) is 12.1 Å². The Bertz CT molecular complexity index is 771. The first-order chi connectivity index (χ1) is 13.9. The number of nitrogens with zero attached hydrogens (tertiary/aromatic N) is 1. The van der Waals surface area contributed by atoms with E-state index in [9.17, 15) is 19.2 Å². The molecule has 3 rings (SSSR count). The van der Waals surface area contributed by atoms with Gasteiger partial charge in [0.05, 0.1) is 11.8 Å². The van der Waals surface area contributed by atoms with Crippen LogP contribution in [0.1, 0.15) is 38.2 Å². The van der Waals surface area contributed by atoms with E-state index >= 15 is 0 Å². The smallest absolute Gasteiger partial charge is 0.329 e. The molecule has 2 aliphatic rings. The summed E-state index contributed by atoms with van der Waals surface area (Å²) in [6.07, 6.45) is 3.83. The number of ether oxygens (including phenoxy) is 1. The first-order valence-electron chi connectivity index (χ1n) is 9.93. The summed E-state index contributed by atoms with van der Waals surface area (Å²) in [7, 11) is 0. The van der Waals surface area contributed by atoms with Crippen LogP contribution in [0.25, 0.3) is 0 Å². The van der Waals surface area contributed by atoms with Crippen LogP contribution >= 0.6 is 11.6 Å². The molecule has 1 N–H and O–H groups in total. The van der Waals surface area contributed by atoms with Crippen molar-refractivity contribution in [2.75, 3.05) is 13.2 Å². The molecule has 2 fully saturated rings. The van der Waals surface area contributed by atoms with Crippen molar-refractivity contribution in [2.45, 2.75) is 45.1 Å². The molecule has 1 saturated heterocycles. The topological polar surface area (TPSA) is 92.8 Å². The minimum atomic E-state index is -1.03. The van der Waals surface area contributed by atoms with Gasteiger partial charge in [0.25, 0.3) is 5.91 Å². The van der Waals surface area contributed by atoms with Gasteiger partial charge in [-0.15, -0.1) is 0 Å². The number of rotatable bonds is 7. The quantitative estimate of drug-likeness (QED) is 0.538. The first-order valence-corrected chi connectivity index (χ1v) is 10.3. The Morgan fingerprint density at radius 3 is 2.31 bits per heavy atom. The summed E-state index contributed by atoms with van der Waals surface area (Å²) in [6, 6.07) is 6.27. The zero-order valence-electron chi connectivity index (χ0n) is 16.4. The van der Waals surface area contributed by atoms with Gasteiger partial charge in [-0.2, -0.15) is 0 Å². The lowest BCUT2D eigenvalue weighted by Gasteiger charge is -2.21. The van der Waals surface area contributed by atoms with E-state index < -0.39 is 24.5 Å². The van der Waals surface area contributed by atoms with Crippen molar-refractivity contribution in [1.82, 2.24) is 10.2 Å². The number of likely N-dealkylation sites (tertiary alicyclic amines) is 1. The van der Waals surface area contributed by atoms with Crippen molar-refractivity contribution in [3.05, 3.63) is 34.9 Å². The molecule has 3 atom stereocenters. The molecule has 1 heterocycles. The summed E-state index contributed by atoms with van der Waals surface area (Å²) >= 11 is 5.83. The van der Waals surface area contributed by atoms with Gasteiger partial charge in [-0.1, -0.05) is 36.6 Å². The lowest BCUT2D eigenvalue weighted by molar-refractivity contribution is -0.159. The van der Waals surface area contributed by atoms with Gasteiger partial charge in [0, 0.05) is 11.6 Å². The molecule has 2 unspecified atom stereocenters. The molecule has 0 radical (unpaired) electrons. The van der Waals surface area contributed by atoms with E-state index in [-0.39, 0.29) is 23.7 Å². The maximum absolute atomic E-state index is 12.5. The fourth-order valence-electron chi connectivity index (χ4n) is 3.98. The van der Waals surface area contributed by atoms with Gasteiger partial charge in [0.15, 0.2) is 6.61 Å². The fraction of sp³-hybridized carbons (Fsp3) is 0.524. The van der Waals surface area contributed by atoms with Crippen molar-refractivity contribution >= 4 is 35.3 Å². The van der Waals surface area contributed by atoms with E-state index in [1.54, 1.807) is 12.1 Å². The molecule has 1 aliphatic carbocycles. The number of carbonyl (C=O) groups excluding carboxylic acids is 4. The molecule has 156 valence electrons. The number of halogens is 1. The van der Waals surface area contributed by atoms with E-state index in [0.29, 0.717) is 30.8 Å². The average Bonchev–Trinajstić information content (AvgIpc) is 2.98. The number of hydrogen-bond acceptors (Lipinski definition) is 5. The van der Waals surface area contributed by atoms with Gasteiger partial charge in [-0.3, -0.25) is 19.3 Å². The number of hydrogen-bond donors (Lipinski definition) is 1. The maximum Gasteiger partial charge on any atom is 0.329 e. The third-order valence-corrected chi connectivity index (χ3v) is 5.85. The predicted octanol–water partition coefficient (Wildman–Crippen LogP) is 2.11. The summed E-state index contributed by atoms with van der Waals surface area (Å²) in [6.45, 7) is 1.40. The maximum atomic E-state index is 12.5. The second-order valence-corrected chi connectivity index (χ2v) is 7.99. The second kappa shape index (κ2) is 9.39. The highest BCUT2D eigenvalue weighted by Gasteiger charge is 2.51. The molecule has 0 aromatic heterocycles. The van der Waals surface area contributed by atoms with Crippen molar-refractivity contribution in [1.29, 1.82) is 0 Å². The number of benzene rings is 1. The molecule has 0 bridgehead atoms. The van der Waals surface area contributed by atoms with Gasteiger partial charge in [0.1, 0.15) is 6.04 Å². The van der Waals surface area contributed by atoms with Gasteiger partial charge in [0.2, 0.25) is 11.8 Å². The molecule has 7 nitrogen and oxygen atoms in total. The monoisotopic (exact) mass is 420 g/mol. The molecule has 1 aromatic rings. The van der Waals surface area contributed by atoms with E-state index in [4.69, 9.17) is 16.3 Å². The molecule has 8 heteroatoms. The number of amides is 3. The second-order valence-electron chi connectivity index (χ2n) is 7.55.